The molecular weight excluding hydrogens is 423 g/mol. The van der Waals surface area contributed by atoms with Crippen LogP contribution >= 0.6 is 7.60 Å². The summed E-state index contributed by atoms with van der Waals surface area (Å²) >= 11 is 0. The summed E-state index contributed by atoms with van der Waals surface area (Å²) in [6.45, 7) is 6.25. The molecule has 2 aromatic carbocycles. The average molecular weight is 455 g/mol. The molecule has 0 amide bonds. The quantitative estimate of drug-likeness (QED) is 0.354. The number of benzene rings is 2. The smallest absolute Gasteiger partial charge is 0.314 e. The van der Waals surface area contributed by atoms with E-state index in [9.17, 15) is 13.0 Å². The monoisotopic (exact) mass is 454 g/mol. The Hall–Kier alpha value is -1.54. The summed E-state index contributed by atoms with van der Waals surface area (Å²) in [7, 11) is -7.63. The molecule has 0 heterocycles. The van der Waals surface area contributed by atoms with Crippen molar-refractivity contribution in [3.05, 3.63) is 65.7 Å². The summed E-state index contributed by atoms with van der Waals surface area (Å²) in [5, 5.41) is 3.18. The lowest BCUT2D eigenvalue weighted by molar-refractivity contribution is 0.209. The van der Waals surface area contributed by atoms with Crippen molar-refractivity contribution in [2.24, 2.45) is 0 Å². The lowest BCUT2D eigenvalue weighted by atomic mass is 10.1. The number of hydrogen-bond donors (Lipinski definition) is 2. The second kappa shape index (κ2) is 11.7. The van der Waals surface area contributed by atoms with Gasteiger partial charge in [-0.05, 0) is 51.4 Å². The van der Waals surface area contributed by atoms with E-state index in [2.05, 4.69) is 10.0 Å². The van der Waals surface area contributed by atoms with E-state index in [0.717, 1.165) is 17.5 Å². The molecule has 2 aromatic rings. The van der Waals surface area contributed by atoms with E-state index in [0.29, 0.717) is 6.54 Å². The van der Waals surface area contributed by atoms with Crippen LogP contribution in [0, 0.1) is 6.92 Å². The maximum Gasteiger partial charge on any atom is 0.349 e. The minimum atomic E-state index is -3.91. The maximum atomic E-state index is 13.3. The standard InChI is InChI=1S/C21H31N2O5PS/c1-4-27-29(24,28-5-2)21(17-22-16-15-19-9-7-6-8-10-19)23-30(25,26)20-13-11-18(3)12-14-20/h6-14,21-23H,4-5,15-17H2,1-3H3/t21-/m1/s1. The molecule has 30 heavy (non-hydrogen) atoms. The first-order valence-corrected chi connectivity index (χ1v) is 13.1. The van der Waals surface area contributed by atoms with Gasteiger partial charge in [0, 0.05) is 6.54 Å². The summed E-state index contributed by atoms with van der Waals surface area (Å²) in [6.07, 6.45) is 0.756. The molecular formula is C21H31N2O5PS. The second-order valence-electron chi connectivity index (χ2n) is 6.77. The fourth-order valence-corrected chi connectivity index (χ4v) is 6.39. The van der Waals surface area contributed by atoms with Crippen LogP contribution in [0.25, 0.3) is 0 Å². The Morgan fingerprint density at radius 3 is 2.13 bits per heavy atom. The van der Waals surface area contributed by atoms with Gasteiger partial charge in [-0.15, -0.1) is 0 Å². The highest BCUT2D eigenvalue weighted by Gasteiger charge is 2.38. The second-order valence-corrected chi connectivity index (χ2v) is 10.7. The zero-order chi connectivity index (χ0) is 22.0. The molecule has 7 nitrogen and oxygen atoms in total. The number of sulfonamides is 1. The third-order valence-corrected chi connectivity index (χ3v) is 8.37. The molecule has 0 saturated heterocycles. The summed E-state index contributed by atoms with van der Waals surface area (Å²) < 4.78 is 52.5. The minimum Gasteiger partial charge on any atom is -0.314 e. The van der Waals surface area contributed by atoms with E-state index in [1.165, 1.54) is 12.1 Å². The van der Waals surface area contributed by atoms with Crippen LogP contribution in [0.4, 0.5) is 0 Å². The molecule has 0 radical (unpaired) electrons. The van der Waals surface area contributed by atoms with Gasteiger partial charge in [-0.2, -0.15) is 4.72 Å². The molecule has 0 bridgehead atoms. The van der Waals surface area contributed by atoms with E-state index in [4.69, 9.17) is 9.05 Å². The summed E-state index contributed by atoms with van der Waals surface area (Å²) in [5.41, 5.74) is 2.10. The molecule has 0 aliphatic heterocycles. The topological polar surface area (TPSA) is 93.7 Å². The number of aryl methyl sites for hydroxylation is 1. The van der Waals surface area contributed by atoms with Gasteiger partial charge in [-0.25, -0.2) is 8.42 Å². The van der Waals surface area contributed by atoms with Crippen LogP contribution in [-0.4, -0.2) is 40.5 Å². The van der Waals surface area contributed by atoms with Gasteiger partial charge in [0.2, 0.25) is 10.0 Å². The van der Waals surface area contributed by atoms with Crippen LogP contribution in [0.2, 0.25) is 0 Å². The molecule has 166 valence electrons. The average Bonchev–Trinajstić information content (AvgIpc) is 2.71. The molecule has 0 fully saturated rings. The SMILES string of the molecule is CCOP(=O)(OCC)[C@H](CNCCc1ccccc1)NS(=O)(=O)c1ccc(C)cc1. The Labute approximate surface area is 179 Å². The molecule has 0 unspecified atom stereocenters. The molecule has 0 aromatic heterocycles. The van der Waals surface area contributed by atoms with Gasteiger partial charge in [-0.1, -0.05) is 48.0 Å². The molecule has 0 spiro atoms. The van der Waals surface area contributed by atoms with Crippen molar-refractivity contribution in [1.29, 1.82) is 0 Å². The third kappa shape index (κ3) is 7.30. The van der Waals surface area contributed by atoms with Crippen molar-refractivity contribution in [2.45, 2.75) is 37.9 Å². The largest absolute Gasteiger partial charge is 0.349 e. The normalized spacial score (nSPS) is 13.3. The first-order valence-electron chi connectivity index (χ1n) is 10.0. The fraction of sp³-hybridized carbons (Fsp3) is 0.429. The maximum absolute atomic E-state index is 13.3. The highest BCUT2D eigenvalue weighted by Crippen LogP contribution is 2.52. The van der Waals surface area contributed by atoms with Gasteiger partial charge >= 0.3 is 7.60 Å². The van der Waals surface area contributed by atoms with Crippen molar-refractivity contribution in [2.75, 3.05) is 26.3 Å². The van der Waals surface area contributed by atoms with Crippen LogP contribution in [0.5, 0.6) is 0 Å². The van der Waals surface area contributed by atoms with Crippen molar-refractivity contribution in [1.82, 2.24) is 10.0 Å². The zero-order valence-corrected chi connectivity index (χ0v) is 19.4. The molecule has 9 heteroatoms. The lowest BCUT2D eigenvalue weighted by Crippen LogP contribution is -2.43. The Bertz CT molecular complexity index is 910. The molecule has 0 saturated carbocycles. The van der Waals surface area contributed by atoms with E-state index in [1.807, 2.05) is 37.3 Å². The van der Waals surface area contributed by atoms with E-state index in [-0.39, 0.29) is 24.7 Å². The first-order chi connectivity index (χ1) is 14.3. The van der Waals surface area contributed by atoms with E-state index < -0.39 is 23.4 Å². The van der Waals surface area contributed by atoms with Crippen LogP contribution in [-0.2, 0) is 30.1 Å². The van der Waals surface area contributed by atoms with Crippen LogP contribution in [0.15, 0.2) is 59.5 Å². The van der Waals surface area contributed by atoms with Crippen molar-refractivity contribution in [3.8, 4) is 0 Å². The lowest BCUT2D eigenvalue weighted by Gasteiger charge is -2.27. The highest BCUT2D eigenvalue weighted by molar-refractivity contribution is 7.89. The van der Waals surface area contributed by atoms with Gasteiger partial charge < -0.3 is 14.4 Å². The van der Waals surface area contributed by atoms with Crippen molar-refractivity contribution >= 4 is 17.6 Å². The van der Waals surface area contributed by atoms with Gasteiger partial charge in [0.05, 0.1) is 18.1 Å². The predicted molar refractivity (Wildman–Crippen MR) is 119 cm³/mol. The Morgan fingerprint density at radius 2 is 1.57 bits per heavy atom. The molecule has 1 atom stereocenters. The van der Waals surface area contributed by atoms with Gasteiger partial charge in [0.15, 0.2) is 0 Å². The number of hydrogen-bond acceptors (Lipinski definition) is 6. The number of rotatable bonds is 13. The zero-order valence-electron chi connectivity index (χ0n) is 17.7. The third-order valence-electron chi connectivity index (χ3n) is 4.39. The van der Waals surface area contributed by atoms with Crippen LogP contribution in [0.3, 0.4) is 0 Å². The summed E-state index contributed by atoms with van der Waals surface area (Å²) in [5.74, 6) is -1.06. The minimum absolute atomic E-state index is 0.0990. The predicted octanol–water partition coefficient (Wildman–Crippen LogP) is 3.70. The molecule has 2 rings (SSSR count). The molecule has 0 aliphatic rings. The van der Waals surface area contributed by atoms with Crippen LogP contribution < -0.4 is 10.0 Å². The van der Waals surface area contributed by atoms with E-state index >= 15 is 0 Å². The van der Waals surface area contributed by atoms with Crippen molar-refractivity contribution in [3.63, 3.8) is 0 Å². The Morgan fingerprint density at radius 1 is 0.967 bits per heavy atom. The highest BCUT2D eigenvalue weighted by atomic mass is 32.2. The Kier molecular flexibility index (Phi) is 9.68. The van der Waals surface area contributed by atoms with E-state index in [1.54, 1.807) is 26.0 Å². The van der Waals surface area contributed by atoms with Gasteiger partial charge in [0.1, 0.15) is 5.78 Å². The fourth-order valence-electron chi connectivity index (χ4n) is 2.88. The summed E-state index contributed by atoms with van der Waals surface area (Å²) in [6, 6.07) is 16.4. The molecule has 2 N–H and O–H groups in total. The van der Waals surface area contributed by atoms with Crippen molar-refractivity contribution < 1.29 is 22.0 Å². The number of nitrogens with one attached hydrogen (secondary N) is 2. The summed E-state index contributed by atoms with van der Waals surface area (Å²) in [4.78, 5) is 0.0990. The van der Waals surface area contributed by atoms with Gasteiger partial charge in [0.25, 0.3) is 0 Å². The van der Waals surface area contributed by atoms with Crippen LogP contribution in [0.1, 0.15) is 25.0 Å². The Balaban J connectivity index is 2.15. The van der Waals surface area contributed by atoms with Gasteiger partial charge in [-0.3, -0.25) is 4.57 Å². The molecule has 0 aliphatic carbocycles. The first kappa shape index (κ1) is 24.7.